The van der Waals surface area contributed by atoms with Crippen LogP contribution in [0.5, 0.6) is 0 Å². The van der Waals surface area contributed by atoms with Crippen molar-refractivity contribution in [2.75, 3.05) is 0 Å². The van der Waals surface area contributed by atoms with Gasteiger partial charge in [0.15, 0.2) is 0 Å². The van der Waals surface area contributed by atoms with Gasteiger partial charge in [-0.15, -0.1) is 0 Å². The topological polar surface area (TPSA) is 57.5 Å². The monoisotopic (exact) mass is 192 g/mol. The highest BCUT2D eigenvalue weighted by Gasteiger charge is 1.97. The predicted octanol–water partition coefficient (Wildman–Crippen LogP) is 1.59. The number of hydrogen-bond acceptors (Lipinski definition) is 2. The van der Waals surface area contributed by atoms with Crippen LogP contribution in [0.15, 0.2) is 24.3 Å². The van der Waals surface area contributed by atoms with Gasteiger partial charge in [-0.2, -0.15) is 0 Å². The van der Waals surface area contributed by atoms with Crippen molar-refractivity contribution in [3.63, 3.8) is 0 Å². The molecule has 0 aliphatic heterocycles. The minimum atomic E-state index is -0.976. The van der Waals surface area contributed by atoms with Crippen molar-refractivity contribution in [3.8, 4) is 0 Å². The average Bonchev–Trinajstić information content (AvgIpc) is 2.16. The fourth-order valence-electron chi connectivity index (χ4n) is 1.13. The van der Waals surface area contributed by atoms with Gasteiger partial charge in [0.1, 0.15) is 0 Å². The van der Waals surface area contributed by atoms with E-state index in [4.69, 9.17) is 10.2 Å². The molecule has 0 saturated heterocycles. The first-order valence-electron chi connectivity index (χ1n) is 4.25. The van der Waals surface area contributed by atoms with E-state index in [1.165, 1.54) is 6.08 Å². The Morgan fingerprint density at radius 2 is 2.21 bits per heavy atom. The number of rotatable bonds is 3. The molecule has 3 heteroatoms. The molecule has 14 heavy (non-hydrogen) atoms. The molecule has 2 N–H and O–H groups in total. The lowest BCUT2D eigenvalue weighted by atomic mass is 10.1. The maximum atomic E-state index is 10.3. The summed E-state index contributed by atoms with van der Waals surface area (Å²) in [6, 6.07) is 5.44. The zero-order valence-corrected chi connectivity index (χ0v) is 7.90. The Balaban J connectivity index is 2.95. The summed E-state index contributed by atoms with van der Waals surface area (Å²) in [5, 5.41) is 17.4. The van der Waals surface area contributed by atoms with Gasteiger partial charge in [-0.05, 0) is 35.8 Å². The van der Waals surface area contributed by atoms with Gasteiger partial charge < -0.3 is 10.2 Å². The van der Waals surface area contributed by atoms with Crippen LogP contribution in [-0.2, 0) is 11.4 Å². The minimum absolute atomic E-state index is 0.0272. The quantitative estimate of drug-likeness (QED) is 0.715. The van der Waals surface area contributed by atoms with E-state index in [0.29, 0.717) is 0 Å². The van der Waals surface area contributed by atoms with Crippen molar-refractivity contribution in [2.24, 2.45) is 0 Å². The molecule has 1 aromatic carbocycles. The van der Waals surface area contributed by atoms with E-state index in [9.17, 15) is 4.79 Å². The van der Waals surface area contributed by atoms with Gasteiger partial charge in [0.2, 0.25) is 0 Å². The second-order valence-electron chi connectivity index (χ2n) is 3.02. The van der Waals surface area contributed by atoms with E-state index in [2.05, 4.69) is 0 Å². The van der Waals surface area contributed by atoms with Gasteiger partial charge in [-0.3, -0.25) is 0 Å². The molecule has 0 saturated carbocycles. The number of aliphatic hydroxyl groups is 1. The lowest BCUT2D eigenvalue weighted by Gasteiger charge is -2.02. The first-order chi connectivity index (χ1) is 6.63. The highest BCUT2D eigenvalue weighted by molar-refractivity contribution is 5.85. The van der Waals surface area contributed by atoms with E-state index in [1.54, 1.807) is 6.07 Å². The number of benzene rings is 1. The number of aliphatic carboxylic acids is 1. The zero-order chi connectivity index (χ0) is 10.6. The summed E-state index contributed by atoms with van der Waals surface area (Å²) < 4.78 is 0. The third-order valence-electron chi connectivity index (χ3n) is 1.96. The summed E-state index contributed by atoms with van der Waals surface area (Å²) >= 11 is 0. The zero-order valence-electron chi connectivity index (χ0n) is 7.90. The number of aryl methyl sites for hydroxylation is 1. The molecule has 0 amide bonds. The fraction of sp³-hybridized carbons (Fsp3) is 0.182. The smallest absolute Gasteiger partial charge is 0.328 e. The summed E-state index contributed by atoms with van der Waals surface area (Å²) in [7, 11) is 0. The van der Waals surface area contributed by atoms with Crippen LogP contribution in [0.25, 0.3) is 6.08 Å². The average molecular weight is 192 g/mol. The summed E-state index contributed by atoms with van der Waals surface area (Å²) in [5.41, 5.74) is 2.60. The normalized spacial score (nSPS) is 10.7. The van der Waals surface area contributed by atoms with Crippen LogP contribution in [0.4, 0.5) is 0 Å². The Morgan fingerprint density at radius 1 is 1.50 bits per heavy atom. The van der Waals surface area contributed by atoms with E-state index < -0.39 is 5.97 Å². The standard InChI is InChI=1S/C11H12O3/c1-8-2-3-9(4-5-11(13)14)6-10(8)7-12/h2-6,12H,7H2,1H3,(H,13,14)/b5-4+. The lowest BCUT2D eigenvalue weighted by molar-refractivity contribution is -0.131. The van der Waals surface area contributed by atoms with Crippen LogP contribution in [0.2, 0.25) is 0 Å². The van der Waals surface area contributed by atoms with Crippen molar-refractivity contribution >= 4 is 12.0 Å². The summed E-state index contributed by atoms with van der Waals surface area (Å²) in [4.78, 5) is 10.3. The molecule has 1 rings (SSSR count). The lowest BCUT2D eigenvalue weighted by Crippen LogP contribution is -1.90. The second-order valence-corrected chi connectivity index (χ2v) is 3.02. The Hall–Kier alpha value is -1.61. The van der Waals surface area contributed by atoms with E-state index in [1.807, 2.05) is 19.1 Å². The highest BCUT2D eigenvalue weighted by atomic mass is 16.4. The van der Waals surface area contributed by atoms with Gasteiger partial charge >= 0.3 is 5.97 Å². The Bertz CT molecular complexity index is 367. The molecule has 74 valence electrons. The summed E-state index contributed by atoms with van der Waals surface area (Å²) in [5.74, 6) is -0.976. The predicted molar refractivity (Wildman–Crippen MR) is 53.8 cm³/mol. The first kappa shape index (κ1) is 10.5. The first-order valence-corrected chi connectivity index (χ1v) is 4.25. The van der Waals surface area contributed by atoms with Gasteiger partial charge in [-0.1, -0.05) is 12.1 Å². The Morgan fingerprint density at radius 3 is 2.79 bits per heavy atom. The van der Waals surface area contributed by atoms with Crippen molar-refractivity contribution < 1.29 is 15.0 Å². The van der Waals surface area contributed by atoms with Gasteiger partial charge in [0.05, 0.1) is 6.61 Å². The number of carboxylic acid groups (broad SMARTS) is 1. The number of carboxylic acids is 1. The van der Waals surface area contributed by atoms with Crippen LogP contribution in [0.1, 0.15) is 16.7 Å². The van der Waals surface area contributed by atoms with Crippen LogP contribution < -0.4 is 0 Å². The molecule has 0 aliphatic carbocycles. The highest BCUT2D eigenvalue weighted by Crippen LogP contribution is 2.12. The van der Waals surface area contributed by atoms with Crippen molar-refractivity contribution in [3.05, 3.63) is 41.0 Å². The van der Waals surface area contributed by atoms with Crippen LogP contribution in [0, 0.1) is 6.92 Å². The van der Waals surface area contributed by atoms with Crippen LogP contribution in [0.3, 0.4) is 0 Å². The van der Waals surface area contributed by atoms with Crippen molar-refractivity contribution in [1.82, 2.24) is 0 Å². The molecular weight excluding hydrogens is 180 g/mol. The Kier molecular flexibility index (Phi) is 3.42. The third-order valence-corrected chi connectivity index (χ3v) is 1.96. The largest absolute Gasteiger partial charge is 0.478 e. The van der Waals surface area contributed by atoms with Gasteiger partial charge in [-0.25, -0.2) is 4.79 Å². The minimum Gasteiger partial charge on any atom is -0.478 e. The summed E-state index contributed by atoms with van der Waals surface area (Å²) in [6.45, 7) is 1.87. The van der Waals surface area contributed by atoms with E-state index in [-0.39, 0.29) is 6.61 Å². The van der Waals surface area contributed by atoms with Crippen molar-refractivity contribution in [2.45, 2.75) is 13.5 Å². The molecule has 1 aromatic rings. The number of carbonyl (C=O) groups is 1. The molecule has 0 unspecified atom stereocenters. The van der Waals surface area contributed by atoms with Gasteiger partial charge in [0, 0.05) is 6.08 Å². The fourth-order valence-corrected chi connectivity index (χ4v) is 1.13. The SMILES string of the molecule is Cc1ccc(/C=C/C(=O)O)cc1CO. The van der Waals surface area contributed by atoms with Crippen LogP contribution in [-0.4, -0.2) is 16.2 Å². The second kappa shape index (κ2) is 4.58. The maximum absolute atomic E-state index is 10.3. The molecular formula is C11H12O3. The molecule has 0 radical (unpaired) electrons. The van der Waals surface area contributed by atoms with E-state index in [0.717, 1.165) is 22.8 Å². The molecule has 0 atom stereocenters. The maximum Gasteiger partial charge on any atom is 0.328 e. The molecule has 0 spiro atoms. The van der Waals surface area contributed by atoms with E-state index >= 15 is 0 Å². The molecule has 0 bridgehead atoms. The summed E-state index contributed by atoms with van der Waals surface area (Å²) in [6.07, 6.45) is 2.58. The molecule has 0 heterocycles. The number of hydrogen-bond donors (Lipinski definition) is 2. The molecule has 0 aliphatic rings. The van der Waals surface area contributed by atoms with Crippen molar-refractivity contribution in [1.29, 1.82) is 0 Å². The Labute approximate surface area is 82.3 Å². The molecule has 0 fully saturated rings. The molecule has 0 aromatic heterocycles. The third kappa shape index (κ3) is 2.71. The van der Waals surface area contributed by atoms with Gasteiger partial charge in [0.25, 0.3) is 0 Å². The number of aliphatic hydroxyl groups excluding tert-OH is 1. The molecule has 3 nitrogen and oxygen atoms in total. The van der Waals surface area contributed by atoms with Crippen LogP contribution >= 0.6 is 0 Å².